The number of hydrogen-bond acceptors (Lipinski definition) is 5. The second-order valence-electron chi connectivity index (χ2n) is 6.61. The van der Waals surface area contributed by atoms with Crippen molar-refractivity contribution in [1.82, 2.24) is 14.8 Å². The largest absolute Gasteiger partial charge is 0.461 e. The highest BCUT2D eigenvalue weighted by Crippen LogP contribution is 2.26. The smallest absolute Gasteiger partial charge is 0.234 e. The highest BCUT2D eigenvalue weighted by Gasteiger charge is 2.18. The maximum Gasteiger partial charge on any atom is 0.234 e. The van der Waals surface area contributed by atoms with Gasteiger partial charge in [0.2, 0.25) is 5.91 Å². The summed E-state index contributed by atoms with van der Waals surface area (Å²) in [4.78, 5) is 12.2. The molecule has 0 unspecified atom stereocenters. The second-order valence-corrected chi connectivity index (χ2v) is 7.55. The monoisotopic (exact) mass is 388 g/mol. The minimum Gasteiger partial charge on any atom is -0.461 e. The van der Waals surface area contributed by atoms with E-state index in [4.69, 9.17) is 4.42 Å². The van der Waals surface area contributed by atoms with Crippen LogP contribution in [0.3, 0.4) is 0 Å². The Balaban J connectivity index is 1.70. The molecule has 2 aromatic heterocycles. The van der Waals surface area contributed by atoms with Crippen LogP contribution < -0.4 is 5.32 Å². The number of anilines is 1. The maximum absolute atomic E-state index is 13.9. The molecule has 1 N–H and O–H groups in total. The number of nitrogens with one attached hydrogen (secondary N) is 1. The van der Waals surface area contributed by atoms with Gasteiger partial charge in [-0.1, -0.05) is 31.7 Å². The van der Waals surface area contributed by atoms with Crippen LogP contribution >= 0.6 is 11.8 Å². The molecular formula is C19H21FN4O2S. The van der Waals surface area contributed by atoms with Crippen LogP contribution in [0.15, 0.2) is 46.2 Å². The summed E-state index contributed by atoms with van der Waals surface area (Å²) in [7, 11) is 0. The first-order chi connectivity index (χ1) is 12.9. The number of hydrogen-bond donors (Lipinski definition) is 1. The molecule has 3 rings (SSSR count). The number of furan rings is 1. The molecule has 27 heavy (non-hydrogen) atoms. The van der Waals surface area contributed by atoms with Crippen molar-refractivity contribution in [3.63, 3.8) is 0 Å². The van der Waals surface area contributed by atoms with Crippen LogP contribution in [-0.2, 0) is 11.3 Å². The molecule has 0 aliphatic heterocycles. The Morgan fingerprint density at radius 2 is 2.15 bits per heavy atom. The lowest BCUT2D eigenvalue weighted by atomic mass is 10.2. The van der Waals surface area contributed by atoms with Gasteiger partial charge in [0.15, 0.2) is 16.7 Å². The number of benzene rings is 1. The molecule has 0 bridgehead atoms. The third-order valence-electron chi connectivity index (χ3n) is 3.74. The molecule has 0 saturated carbocycles. The van der Waals surface area contributed by atoms with Gasteiger partial charge in [-0.25, -0.2) is 4.39 Å². The van der Waals surface area contributed by atoms with Crippen molar-refractivity contribution in [2.75, 3.05) is 11.1 Å². The van der Waals surface area contributed by atoms with Gasteiger partial charge >= 0.3 is 0 Å². The van der Waals surface area contributed by atoms with E-state index in [9.17, 15) is 9.18 Å². The Morgan fingerprint density at radius 1 is 1.33 bits per heavy atom. The molecule has 0 atom stereocenters. The lowest BCUT2D eigenvalue weighted by Crippen LogP contribution is -2.16. The van der Waals surface area contributed by atoms with Gasteiger partial charge in [0.25, 0.3) is 0 Å². The molecule has 0 fully saturated rings. The number of aromatic nitrogens is 3. The predicted octanol–water partition coefficient (Wildman–Crippen LogP) is 4.37. The lowest BCUT2D eigenvalue weighted by molar-refractivity contribution is -0.113. The number of amides is 1. The summed E-state index contributed by atoms with van der Waals surface area (Å²) in [6.07, 6.45) is 1.58. The van der Waals surface area contributed by atoms with Crippen molar-refractivity contribution in [3.05, 3.63) is 48.0 Å². The van der Waals surface area contributed by atoms with Crippen LogP contribution in [0.2, 0.25) is 0 Å². The van der Waals surface area contributed by atoms with Crippen molar-refractivity contribution in [2.24, 2.45) is 5.92 Å². The molecule has 8 heteroatoms. The fourth-order valence-electron chi connectivity index (χ4n) is 2.55. The van der Waals surface area contributed by atoms with Crippen LogP contribution in [0.4, 0.5) is 10.1 Å². The maximum atomic E-state index is 13.9. The molecule has 142 valence electrons. The number of thioether (sulfide) groups is 1. The summed E-state index contributed by atoms with van der Waals surface area (Å²) < 4.78 is 21.3. The number of aryl methyl sites for hydroxylation is 1. The van der Waals surface area contributed by atoms with E-state index in [1.165, 1.54) is 17.8 Å². The zero-order valence-corrected chi connectivity index (χ0v) is 16.2. The fourth-order valence-corrected chi connectivity index (χ4v) is 3.30. The van der Waals surface area contributed by atoms with Gasteiger partial charge in [0.05, 0.1) is 17.7 Å². The SMILES string of the molecule is Cc1ccc(NC(=O)CSc2nnc(-c3ccco3)n2CC(C)C)c(F)c1. The van der Waals surface area contributed by atoms with Crippen molar-refractivity contribution in [2.45, 2.75) is 32.5 Å². The van der Waals surface area contributed by atoms with E-state index in [-0.39, 0.29) is 17.3 Å². The zero-order valence-electron chi connectivity index (χ0n) is 15.4. The minimum atomic E-state index is -0.448. The van der Waals surface area contributed by atoms with Gasteiger partial charge in [0, 0.05) is 6.54 Å². The molecule has 0 radical (unpaired) electrons. The number of carbonyl (C=O) groups excluding carboxylic acids is 1. The average Bonchev–Trinajstić information content (AvgIpc) is 3.25. The Labute approximate surface area is 161 Å². The van der Waals surface area contributed by atoms with Gasteiger partial charge < -0.3 is 9.73 Å². The third-order valence-corrected chi connectivity index (χ3v) is 4.70. The number of carbonyl (C=O) groups is 1. The summed E-state index contributed by atoms with van der Waals surface area (Å²) in [6.45, 7) is 6.67. The molecule has 0 aliphatic rings. The first-order valence-corrected chi connectivity index (χ1v) is 9.58. The van der Waals surface area contributed by atoms with Crippen molar-refractivity contribution < 1.29 is 13.6 Å². The van der Waals surface area contributed by atoms with E-state index < -0.39 is 5.82 Å². The van der Waals surface area contributed by atoms with Crippen LogP contribution in [-0.4, -0.2) is 26.4 Å². The summed E-state index contributed by atoms with van der Waals surface area (Å²) in [5.41, 5.74) is 0.971. The molecule has 6 nitrogen and oxygen atoms in total. The summed E-state index contributed by atoms with van der Waals surface area (Å²) in [5, 5.41) is 11.6. The van der Waals surface area contributed by atoms with E-state index >= 15 is 0 Å². The van der Waals surface area contributed by atoms with Crippen LogP contribution in [0, 0.1) is 18.7 Å². The topological polar surface area (TPSA) is 73.0 Å². The van der Waals surface area contributed by atoms with Crippen molar-refractivity contribution >= 4 is 23.4 Å². The minimum absolute atomic E-state index is 0.0989. The molecule has 0 saturated heterocycles. The van der Waals surface area contributed by atoms with E-state index in [0.717, 1.165) is 5.56 Å². The number of rotatable bonds is 7. The zero-order chi connectivity index (χ0) is 19.4. The first kappa shape index (κ1) is 19.2. The Hall–Kier alpha value is -2.61. The second kappa shape index (κ2) is 8.39. The number of halogens is 1. The average molecular weight is 388 g/mol. The van der Waals surface area contributed by atoms with E-state index in [1.54, 1.807) is 31.4 Å². The third kappa shape index (κ3) is 4.77. The molecule has 2 heterocycles. The van der Waals surface area contributed by atoms with Crippen LogP contribution in [0.5, 0.6) is 0 Å². The molecule has 1 amide bonds. The Morgan fingerprint density at radius 3 is 2.81 bits per heavy atom. The van der Waals surface area contributed by atoms with Gasteiger partial charge in [-0.3, -0.25) is 9.36 Å². The van der Waals surface area contributed by atoms with Crippen LogP contribution in [0.1, 0.15) is 19.4 Å². The normalized spacial score (nSPS) is 11.1. The van der Waals surface area contributed by atoms with E-state index in [0.29, 0.717) is 29.2 Å². The standard InChI is InChI=1S/C19H21FN4O2S/c1-12(2)10-24-18(16-5-4-8-26-16)22-23-19(24)27-11-17(25)21-15-7-6-13(3)9-14(15)20/h4-9,12H,10-11H2,1-3H3,(H,21,25). The van der Waals surface area contributed by atoms with Crippen molar-refractivity contribution in [3.8, 4) is 11.6 Å². The number of nitrogens with zero attached hydrogens (tertiary/aromatic N) is 3. The molecule has 0 spiro atoms. The van der Waals surface area contributed by atoms with Crippen LogP contribution in [0.25, 0.3) is 11.6 Å². The van der Waals surface area contributed by atoms with Gasteiger partial charge in [0.1, 0.15) is 5.82 Å². The highest BCUT2D eigenvalue weighted by atomic mass is 32.2. The van der Waals surface area contributed by atoms with E-state index in [1.807, 2.05) is 10.6 Å². The summed E-state index contributed by atoms with van der Waals surface area (Å²) in [6, 6.07) is 8.31. The van der Waals surface area contributed by atoms with Gasteiger partial charge in [-0.2, -0.15) is 0 Å². The molecule has 3 aromatic rings. The van der Waals surface area contributed by atoms with Gasteiger partial charge in [-0.15, -0.1) is 10.2 Å². The first-order valence-electron chi connectivity index (χ1n) is 8.60. The molecule has 1 aromatic carbocycles. The lowest BCUT2D eigenvalue weighted by Gasteiger charge is -2.11. The highest BCUT2D eigenvalue weighted by molar-refractivity contribution is 7.99. The van der Waals surface area contributed by atoms with Crippen molar-refractivity contribution in [1.29, 1.82) is 0 Å². The molecule has 0 aliphatic carbocycles. The summed E-state index contributed by atoms with van der Waals surface area (Å²) >= 11 is 1.26. The fraction of sp³-hybridized carbons (Fsp3) is 0.316. The Bertz CT molecular complexity index is 922. The predicted molar refractivity (Wildman–Crippen MR) is 103 cm³/mol. The molecular weight excluding hydrogens is 367 g/mol. The van der Waals surface area contributed by atoms with E-state index in [2.05, 4.69) is 29.4 Å². The Kier molecular flexibility index (Phi) is 5.95. The summed E-state index contributed by atoms with van der Waals surface area (Å²) in [5.74, 6) is 0.964. The quantitative estimate of drug-likeness (QED) is 0.609. The van der Waals surface area contributed by atoms with Gasteiger partial charge in [-0.05, 0) is 42.7 Å².